The van der Waals surface area contributed by atoms with E-state index >= 15 is 0 Å². The number of thioether (sulfide) groups is 1. The number of benzene rings is 1. The zero-order chi connectivity index (χ0) is 13.1. The van der Waals surface area contributed by atoms with Crippen LogP contribution in [0.1, 0.15) is 11.1 Å². The first-order chi connectivity index (χ1) is 8.58. The van der Waals surface area contributed by atoms with Crippen molar-refractivity contribution in [3.63, 3.8) is 0 Å². The summed E-state index contributed by atoms with van der Waals surface area (Å²) in [6.07, 6.45) is 0. The highest BCUT2D eigenvalue weighted by molar-refractivity contribution is 8.00. The van der Waals surface area contributed by atoms with Gasteiger partial charge in [-0.1, -0.05) is 18.2 Å². The van der Waals surface area contributed by atoms with E-state index in [0.29, 0.717) is 11.6 Å². The lowest BCUT2D eigenvalue weighted by atomic mass is 10.1. The molecule has 96 valence electrons. The van der Waals surface area contributed by atoms with Crippen LogP contribution in [0.2, 0.25) is 0 Å². The van der Waals surface area contributed by atoms with E-state index in [1.165, 1.54) is 0 Å². The van der Waals surface area contributed by atoms with Crippen molar-refractivity contribution in [2.45, 2.75) is 13.8 Å². The van der Waals surface area contributed by atoms with Crippen molar-refractivity contribution in [1.82, 2.24) is 4.90 Å². The molecule has 0 spiro atoms. The molecule has 1 aromatic carbocycles. The standard InChI is InChI=1S/C13H16N2O2S/c1-9-4-3-5-10(2)13(9)14-11(16)6-15-8-18-7-12(15)17/h3-5H,6-8H2,1-2H3,(H,14,16). The molecule has 4 nitrogen and oxygen atoms in total. The van der Waals surface area contributed by atoms with Crippen LogP contribution in [0.4, 0.5) is 5.69 Å². The summed E-state index contributed by atoms with van der Waals surface area (Å²) in [5, 5.41) is 2.88. The van der Waals surface area contributed by atoms with Gasteiger partial charge in [0.1, 0.15) is 6.54 Å². The Morgan fingerprint density at radius 1 is 1.39 bits per heavy atom. The van der Waals surface area contributed by atoms with Gasteiger partial charge < -0.3 is 10.2 Å². The van der Waals surface area contributed by atoms with Crippen LogP contribution in [-0.4, -0.2) is 34.9 Å². The fourth-order valence-electron chi connectivity index (χ4n) is 1.90. The van der Waals surface area contributed by atoms with Crippen molar-refractivity contribution in [2.24, 2.45) is 0 Å². The van der Waals surface area contributed by atoms with Crippen LogP contribution in [0.15, 0.2) is 18.2 Å². The minimum atomic E-state index is -0.136. The molecule has 18 heavy (non-hydrogen) atoms. The first-order valence-electron chi connectivity index (χ1n) is 5.79. The maximum absolute atomic E-state index is 11.9. The fourth-order valence-corrected chi connectivity index (χ4v) is 2.81. The normalized spacial score (nSPS) is 15.0. The summed E-state index contributed by atoms with van der Waals surface area (Å²) in [6, 6.07) is 5.87. The highest BCUT2D eigenvalue weighted by Crippen LogP contribution is 2.20. The number of anilines is 1. The molecule has 5 heteroatoms. The minimum Gasteiger partial charge on any atom is -0.324 e. The second kappa shape index (κ2) is 5.44. The van der Waals surface area contributed by atoms with Crippen LogP contribution < -0.4 is 5.32 Å². The highest BCUT2D eigenvalue weighted by Gasteiger charge is 2.23. The Morgan fingerprint density at radius 2 is 2.06 bits per heavy atom. The molecule has 1 heterocycles. The number of rotatable bonds is 3. The predicted molar refractivity (Wildman–Crippen MR) is 73.6 cm³/mol. The summed E-state index contributed by atoms with van der Waals surface area (Å²) in [5.74, 6) is 0.996. The molecule has 0 aliphatic carbocycles. The summed E-state index contributed by atoms with van der Waals surface area (Å²) in [5.41, 5.74) is 2.91. The van der Waals surface area contributed by atoms with Crippen molar-refractivity contribution in [3.8, 4) is 0 Å². The zero-order valence-corrected chi connectivity index (χ0v) is 11.3. The van der Waals surface area contributed by atoms with E-state index in [-0.39, 0.29) is 18.4 Å². The summed E-state index contributed by atoms with van der Waals surface area (Å²) in [7, 11) is 0. The Balaban J connectivity index is 2.01. The average molecular weight is 264 g/mol. The van der Waals surface area contributed by atoms with Crippen molar-refractivity contribution in [2.75, 3.05) is 23.5 Å². The maximum Gasteiger partial charge on any atom is 0.244 e. The van der Waals surface area contributed by atoms with Crippen LogP contribution in [0, 0.1) is 13.8 Å². The molecule has 2 rings (SSSR count). The van der Waals surface area contributed by atoms with E-state index in [4.69, 9.17) is 0 Å². The molecule has 1 fully saturated rings. The number of hydrogen-bond donors (Lipinski definition) is 1. The number of carbonyl (C=O) groups is 2. The molecular formula is C13H16N2O2S. The number of para-hydroxylation sites is 1. The average Bonchev–Trinajstić information content (AvgIpc) is 2.70. The van der Waals surface area contributed by atoms with Crippen LogP contribution >= 0.6 is 11.8 Å². The van der Waals surface area contributed by atoms with Gasteiger partial charge in [-0.05, 0) is 25.0 Å². The fraction of sp³-hybridized carbons (Fsp3) is 0.385. The van der Waals surface area contributed by atoms with Gasteiger partial charge in [-0.15, -0.1) is 11.8 Å². The lowest BCUT2D eigenvalue weighted by Gasteiger charge is -2.16. The predicted octanol–water partition coefficient (Wildman–Crippen LogP) is 1.77. The Bertz CT molecular complexity index is 468. The van der Waals surface area contributed by atoms with Crippen LogP contribution in [0.5, 0.6) is 0 Å². The number of hydrogen-bond acceptors (Lipinski definition) is 3. The van der Waals surface area contributed by atoms with E-state index in [0.717, 1.165) is 16.8 Å². The first kappa shape index (κ1) is 13.0. The third-order valence-corrected chi connectivity index (χ3v) is 3.85. The molecule has 1 aromatic rings. The van der Waals surface area contributed by atoms with Gasteiger partial charge in [0.25, 0.3) is 0 Å². The summed E-state index contributed by atoms with van der Waals surface area (Å²) >= 11 is 1.54. The molecule has 1 aliphatic rings. The van der Waals surface area contributed by atoms with E-state index in [2.05, 4.69) is 5.32 Å². The van der Waals surface area contributed by atoms with E-state index in [1.807, 2.05) is 32.0 Å². The molecule has 1 saturated heterocycles. The zero-order valence-electron chi connectivity index (χ0n) is 10.5. The van der Waals surface area contributed by atoms with Gasteiger partial charge in [0.2, 0.25) is 11.8 Å². The van der Waals surface area contributed by atoms with Gasteiger partial charge in [0.05, 0.1) is 11.6 Å². The third kappa shape index (κ3) is 2.85. The summed E-state index contributed by atoms with van der Waals surface area (Å²) in [6.45, 7) is 4.05. The first-order valence-corrected chi connectivity index (χ1v) is 6.95. The van der Waals surface area contributed by atoms with Gasteiger partial charge in [0.15, 0.2) is 0 Å². The summed E-state index contributed by atoms with van der Waals surface area (Å²) in [4.78, 5) is 24.9. The molecule has 0 radical (unpaired) electrons. The van der Waals surface area contributed by atoms with Crippen LogP contribution in [0.3, 0.4) is 0 Å². The van der Waals surface area contributed by atoms with Crippen molar-refractivity contribution < 1.29 is 9.59 Å². The molecule has 2 amide bonds. The molecule has 0 saturated carbocycles. The maximum atomic E-state index is 11.9. The molecule has 0 atom stereocenters. The number of aryl methyl sites for hydroxylation is 2. The molecule has 1 N–H and O–H groups in total. The van der Waals surface area contributed by atoms with Crippen molar-refractivity contribution in [3.05, 3.63) is 29.3 Å². The van der Waals surface area contributed by atoms with Crippen molar-refractivity contribution in [1.29, 1.82) is 0 Å². The number of carbonyl (C=O) groups excluding carboxylic acids is 2. The second-order valence-electron chi connectivity index (χ2n) is 4.38. The summed E-state index contributed by atoms with van der Waals surface area (Å²) < 4.78 is 0. The van der Waals surface area contributed by atoms with E-state index in [9.17, 15) is 9.59 Å². The van der Waals surface area contributed by atoms with Gasteiger partial charge in [-0.2, -0.15) is 0 Å². The topological polar surface area (TPSA) is 49.4 Å². The quantitative estimate of drug-likeness (QED) is 0.905. The number of nitrogens with zero attached hydrogens (tertiary/aromatic N) is 1. The molecular weight excluding hydrogens is 248 g/mol. The monoisotopic (exact) mass is 264 g/mol. The van der Waals surface area contributed by atoms with Gasteiger partial charge >= 0.3 is 0 Å². The van der Waals surface area contributed by atoms with E-state index in [1.54, 1.807) is 16.7 Å². The van der Waals surface area contributed by atoms with E-state index < -0.39 is 0 Å². The largest absolute Gasteiger partial charge is 0.324 e. The highest BCUT2D eigenvalue weighted by atomic mass is 32.2. The van der Waals surface area contributed by atoms with Crippen LogP contribution in [-0.2, 0) is 9.59 Å². The minimum absolute atomic E-state index is 0.0386. The van der Waals surface area contributed by atoms with Crippen LogP contribution in [0.25, 0.3) is 0 Å². The molecule has 1 aliphatic heterocycles. The van der Waals surface area contributed by atoms with Crippen molar-refractivity contribution >= 4 is 29.3 Å². The van der Waals surface area contributed by atoms with Gasteiger partial charge in [0, 0.05) is 5.69 Å². The number of nitrogens with one attached hydrogen (secondary N) is 1. The SMILES string of the molecule is Cc1cccc(C)c1NC(=O)CN1CSCC1=O. The molecule has 0 bridgehead atoms. The second-order valence-corrected chi connectivity index (χ2v) is 5.34. The Labute approximate surface area is 111 Å². The Morgan fingerprint density at radius 3 is 2.61 bits per heavy atom. The lowest BCUT2D eigenvalue weighted by molar-refractivity contribution is -0.130. The molecule has 0 aromatic heterocycles. The molecule has 0 unspecified atom stereocenters. The lowest BCUT2D eigenvalue weighted by Crippen LogP contribution is -2.34. The Hall–Kier alpha value is -1.49. The third-order valence-electron chi connectivity index (χ3n) is 2.91. The number of amides is 2. The smallest absolute Gasteiger partial charge is 0.244 e. The van der Waals surface area contributed by atoms with Gasteiger partial charge in [-0.25, -0.2) is 0 Å². The Kier molecular flexibility index (Phi) is 3.91. The van der Waals surface area contributed by atoms with Gasteiger partial charge in [-0.3, -0.25) is 9.59 Å².